The molecule has 0 unspecified atom stereocenters. The topological polar surface area (TPSA) is 112 Å². The van der Waals surface area contributed by atoms with Crippen molar-refractivity contribution in [1.29, 1.82) is 0 Å². The molecule has 0 spiro atoms. The summed E-state index contributed by atoms with van der Waals surface area (Å²) in [6.45, 7) is 5.21. The SMILES string of the molecule is Cc1cc(O)ccc1-c1cn(CC(=O)N2CCC(n3c(=O)[nH]c4ccccc43)CC2)c2ncnc(N3CCCC3)c12. The standard InChI is InChI=1S/C31H33N7O3/c1-20-16-22(39)8-9-23(20)24-17-37(30-28(24)29(32-19-33-30)36-12-4-5-13-36)18-27(40)35-14-10-21(11-15-35)38-26-7-3-2-6-25(26)34-31(38)41/h2-3,6-9,16-17,19,21,39H,4-5,10-15,18H2,1H3,(H,34,41). The van der Waals surface area contributed by atoms with Crippen LogP contribution in [0.3, 0.4) is 0 Å². The molecule has 0 aliphatic carbocycles. The van der Waals surface area contributed by atoms with E-state index in [9.17, 15) is 14.7 Å². The Morgan fingerprint density at radius 2 is 1.80 bits per heavy atom. The van der Waals surface area contributed by atoms with Gasteiger partial charge in [-0.1, -0.05) is 18.2 Å². The van der Waals surface area contributed by atoms with Crippen molar-refractivity contribution in [3.05, 3.63) is 71.0 Å². The summed E-state index contributed by atoms with van der Waals surface area (Å²) >= 11 is 0. The van der Waals surface area contributed by atoms with Gasteiger partial charge in [0.1, 0.15) is 30.1 Å². The molecule has 2 N–H and O–H groups in total. The van der Waals surface area contributed by atoms with Crippen LogP contribution in [-0.4, -0.2) is 66.2 Å². The van der Waals surface area contributed by atoms with Gasteiger partial charge in [-0.15, -0.1) is 0 Å². The summed E-state index contributed by atoms with van der Waals surface area (Å²) in [6, 6.07) is 13.2. The maximum absolute atomic E-state index is 13.6. The lowest BCUT2D eigenvalue weighted by Crippen LogP contribution is -2.41. The fraction of sp³-hybridized carbons (Fsp3) is 0.355. The van der Waals surface area contributed by atoms with Gasteiger partial charge in [0.15, 0.2) is 0 Å². The zero-order chi connectivity index (χ0) is 28.1. The predicted molar refractivity (Wildman–Crippen MR) is 158 cm³/mol. The lowest BCUT2D eigenvalue weighted by atomic mass is 10.0. The van der Waals surface area contributed by atoms with Crippen molar-refractivity contribution in [1.82, 2.24) is 29.0 Å². The summed E-state index contributed by atoms with van der Waals surface area (Å²) in [5.74, 6) is 1.15. The molecular weight excluding hydrogens is 518 g/mol. The van der Waals surface area contributed by atoms with Crippen LogP contribution in [0, 0.1) is 6.92 Å². The number of imidazole rings is 1. The van der Waals surface area contributed by atoms with Gasteiger partial charge >= 0.3 is 5.69 Å². The van der Waals surface area contributed by atoms with Gasteiger partial charge < -0.3 is 24.5 Å². The number of fused-ring (bicyclic) bond motifs is 2. The predicted octanol–water partition coefficient (Wildman–Crippen LogP) is 4.22. The van der Waals surface area contributed by atoms with Gasteiger partial charge in [0.2, 0.25) is 5.91 Å². The molecule has 10 nitrogen and oxygen atoms in total. The molecule has 5 aromatic rings. The highest BCUT2D eigenvalue weighted by Crippen LogP contribution is 2.38. The number of nitrogens with zero attached hydrogens (tertiary/aromatic N) is 6. The van der Waals surface area contributed by atoms with Crippen LogP contribution in [0.25, 0.3) is 33.2 Å². The van der Waals surface area contributed by atoms with E-state index in [0.29, 0.717) is 13.1 Å². The van der Waals surface area contributed by atoms with E-state index in [0.717, 1.165) is 83.3 Å². The van der Waals surface area contributed by atoms with Crippen molar-refractivity contribution in [3.63, 3.8) is 0 Å². The molecule has 210 valence electrons. The monoisotopic (exact) mass is 551 g/mol. The Bertz CT molecular complexity index is 1820. The van der Waals surface area contributed by atoms with Crippen LogP contribution in [0.4, 0.5) is 5.82 Å². The molecule has 0 bridgehead atoms. The Balaban J connectivity index is 1.17. The number of anilines is 1. The zero-order valence-corrected chi connectivity index (χ0v) is 23.1. The van der Waals surface area contributed by atoms with E-state index in [1.54, 1.807) is 18.5 Å². The average molecular weight is 552 g/mol. The second-order valence-corrected chi connectivity index (χ2v) is 11.2. The van der Waals surface area contributed by atoms with Crippen molar-refractivity contribution >= 4 is 33.8 Å². The van der Waals surface area contributed by atoms with Gasteiger partial charge in [-0.3, -0.25) is 9.36 Å². The summed E-state index contributed by atoms with van der Waals surface area (Å²) in [7, 11) is 0. The van der Waals surface area contributed by atoms with E-state index in [-0.39, 0.29) is 29.9 Å². The summed E-state index contributed by atoms with van der Waals surface area (Å²) in [5, 5.41) is 11.0. The Morgan fingerprint density at radius 1 is 1.02 bits per heavy atom. The van der Waals surface area contributed by atoms with E-state index >= 15 is 0 Å². The van der Waals surface area contributed by atoms with Gasteiger partial charge in [0.05, 0.1) is 16.4 Å². The van der Waals surface area contributed by atoms with Crippen LogP contribution in [0.5, 0.6) is 5.75 Å². The Morgan fingerprint density at radius 3 is 2.59 bits per heavy atom. The number of para-hydroxylation sites is 2. The first-order chi connectivity index (χ1) is 20.0. The number of aryl methyl sites for hydroxylation is 1. The van der Waals surface area contributed by atoms with Crippen LogP contribution >= 0.6 is 0 Å². The Hall–Kier alpha value is -4.60. The molecule has 2 aliphatic rings. The van der Waals surface area contributed by atoms with Gasteiger partial charge in [-0.25, -0.2) is 14.8 Å². The number of aromatic amines is 1. The first kappa shape index (κ1) is 25.4. The smallest absolute Gasteiger partial charge is 0.326 e. The summed E-state index contributed by atoms with van der Waals surface area (Å²) < 4.78 is 3.79. The van der Waals surface area contributed by atoms with E-state index in [1.807, 2.05) is 57.5 Å². The molecule has 41 heavy (non-hydrogen) atoms. The number of piperidine rings is 1. The molecule has 2 fully saturated rings. The molecule has 0 radical (unpaired) electrons. The molecule has 2 aliphatic heterocycles. The maximum Gasteiger partial charge on any atom is 0.326 e. The number of aromatic hydroxyl groups is 1. The minimum Gasteiger partial charge on any atom is -0.508 e. The second-order valence-electron chi connectivity index (χ2n) is 11.2. The molecule has 2 saturated heterocycles. The van der Waals surface area contributed by atoms with E-state index in [4.69, 9.17) is 4.98 Å². The minimum atomic E-state index is -0.0969. The van der Waals surface area contributed by atoms with E-state index < -0.39 is 0 Å². The number of aromatic nitrogens is 5. The lowest BCUT2D eigenvalue weighted by molar-refractivity contribution is -0.133. The normalized spacial score (nSPS) is 16.3. The average Bonchev–Trinajstić information content (AvgIpc) is 3.71. The van der Waals surface area contributed by atoms with Gasteiger partial charge in [0, 0.05) is 44.0 Å². The zero-order valence-electron chi connectivity index (χ0n) is 23.1. The molecule has 0 saturated carbocycles. The highest BCUT2D eigenvalue weighted by Gasteiger charge is 2.28. The number of amides is 1. The second kappa shape index (κ2) is 10.1. The van der Waals surface area contributed by atoms with Crippen molar-refractivity contribution in [2.24, 2.45) is 0 Å². The molecule has 1 amide bonds. The quantitative estimate of drug-likeness (QED) is 0.338. The number of H-pyrrole nitrogens is 1. The number of likely N-dealkylation sites (tertiary alicyclic amines) is 1. The number of phenols is 1. The van der Waals surface area contributed by atoms with Gasteiger partial charge in [-0.2, -0.15) is 0 Å². The largest absolute Gasteiger partial charge is 0.508 e. The maximum atomic E-state index is 13.6. The third-order valence-corrected chi connectivity index (χ3v) is 8.65. The summed E-state index contributed by atoms with van der Waals surface area (Å²) in [6.07, 6.45) is 7.29. The Kier molecular flexibility index (Phi) is 6.25. The van der Waals surface area contributed by atoms with Crippen LogP contribution in [-0.2, 0) is 11.3 Å². The number of hydrogen-bond donors (Lipinski definition) is 2. The Labute approximate surface area is 236 Å². The van der Waals surface area contributed by atoms with Crippen LogP contribution in [0.15, 0.2) is 59.8 Å². The molecule has 7 rings (SSSR count). The summed E-state index contributed by atoms with van der Waals surface area (Å²) in [4.78, 5) is 42.8. The number of carbonyl (C=O) groups is 1. The molecule has 2 aromatic carbocycles. The molecule has 0 atom stereocenters. The minimum absolute atomic E-state index is 0.0296. The third-order valence-electron chi connectivity index (χ3n) is 8.65. The van der Waals surface area contributed by atoms with Crippen LogP contribution < -0.4 is 10.6 Å². The first-order valence-corrected chi connectivity index (χ1v) is 14.3. The van der Waals surface area contributed by atoms with E-state index in [2.05, 4.69) is 14.9 Å². The van der Waals surface area contributed by atoms with Gasteiger partial charge in [0.25, 0.3) is 0 Å². The third kappa shape index (κ3) is 4.43. The fourth-order valence-electron chi connectivity index (χ4n) is 6.61. The molecule has 10 heteroatoms. The molecular formula is C31H33N7O3. The first-order valence-electron chi connectivity index (χ1n) is 14.3. The number of phenolic OH excluding ortho intramolecular Hbond substituents is 1. The van der Waals surface area contributed by atoms with Crippen molar-refractivity contribution < 1.29 is 9.90 Å². The molecule has 3 aromatic heterocycles. The number of rotatable bonds is 5. The number of carbonyl (C=O) groups excluding carboxylic acids is 1. The van der Waals surface area contributed by atoms with Crippen LogP contribution in [0.2, 0.25) is 0 Å². The highest BCUT2D eigenvalue weighted by atomic mass is 16.3. The summed E-state index contributed by atoms with van der Waals surface area (Å²) in [5.41, 5.74) is 5.28. The number of nitrogens with one attached hydrogen (secondary N) is 1. The number of benzene rings is 2. The van der Waals surface area contributed by atoms with E-state index in [1.165, 1.54) is 0 Å². The van der Waals surface area contributed by atoms with Crippen molar-refractivity contribution in [2.75, 3.05) is 31.1 Å². The van der Waals surface area contributed by atoms with Gasteiger partial charge in [-0.05, 0) is 68.0 Å². The molecule has 5 heterocycles. The number of hydrogen-bond acceptors (Lipinski definition) is 6. The lowest BCUT2D eigenvalue weighted by Gasteiger charge is -2.32. The van der Waals surface area contributed by atoms with Crippen molar-refractivity contribution in [2.45, 2.75) is 45.2 Å². The van der Waals surface area contributed by atoms with Crippen molar-refractivity contribution in [3.8, 4) is 16.9 Å². The fourth-order valence-corrected chi connectivity index (χ4v) is 6.61. The van der Waals surface area contributed by atoms with Crippen LogP contribution in [0.1, 0.15) is 37.3 Å². The highest BCUT2D eigenvalue weighted by molar-refractivity contribution is 6.02.